The second kappa shape index (κ2) is 5.38. The van der Waals surface area contributed by atoms with E-state index in [1.54, 1.807) is 0 Å². The van der Waals surface area contributed by atoms with Crippen LogP contribution in [-0.4, -0.2) is 55.5 Å². The van der Waals surface area contributed by atoms with Crippen molar-refractivity contribution in [2.75, 3.05) is 29.6 Å². The maximum absolute atomic E-state index is 11.9. The summed E-state index contributed by atoms with van der Waals surface area (Å²) >= 11 is 1.85. The molecule has 2 aliphatic heterocycles. The number of amides is 1. The van der Waals surface area contributed by atoms with E-state index in [1.165, 1.54) is 0 Å². The van der Waals surface area contributed by atoms with Crippen LogP contribution in [0, 0.1) is 0 Å². The van der Waals surface area contributed by atoms with Crippen molar-refractivity contribution in [1.29, 1.82) is 0 Å². The highest BCUT2D eigenvalue weighted by Gasteiger charge is 2.39. The molecule has 2 unspecified atom stereocenters. The molecule has 0 aromatic carbocycles. The molecule has 7 heteroatoms. The van der Waals surface area contributed by atoms with E-state index in [4.69, 9.17) is 0 Å². The third kappa shape index (κ3) is 3.86. The van der Waals surface area contributed by atoms with Gasteiger partial charge in [-0.3, -0.25) is 4.79 Å². The standard InChI is InChI=1S/C11H20N2O3S2/c1-11(2-5-18(15,16)8-11)13-10(14)6-9-7-17-4-3-12-9/h9,12H,2-8H2,1H3,(H,13,14). The van der Waals surface area contributed by atoms with Gasteiger partial charge in [0, 0.05) is 30.5 Å². The van der Waals surface area contributed by atoms with Gasteiger partial charge in [0.05, 0.1) is 17.0 Å². The second-order valence-corrected chi connectivity index (χ2v) is 8.71. The van der Waals surface area contributed by atoms with Crippen LogP contribution >= 0.6 is 11.8 Å². The Morgan fingerprint density at radius 2 is 2.33 bits per heavy atom. The zero-order valence-electron chi connectivity index (χ0n) is 10.6. The maximum atomic E-state index is 11.9. The average Bonchev–Trinajstić information content (AvgIpc) is 2.53. The first-order valence-corrected chi connectivity index (χ1v) is 9.19. The van der Waals surface area contributed by atoms with Gasteiger partial charge in [-0.25, -0.2) is 8.42 Å². The fourth-order valence-corrected chi connectivity index (χ4v) is 5.51. The summed E-state index contributed by atoms with van der Waals surface area (Å²) in [5.41, 5.74) is -0.572. The molecule has 1 amide bonds. The Kier molecular flexibility index (Phi) is 4.23. The summed E-state index contributed by atoms with van der Waals surface area (Å²) in [6, 6.07) is 0.213. The van der Waals surface area contributed by atoms with Crippen LogP contribution in [-0.2, 0) is 14.6 Å². The van der Waals surface area contributed by atoms with Crippen LogP contribution in [0.15, 0.2) is 0 Å². The van der Waals surface area contributed by atoms with Crippen molar-refractivity contribution in [2.45, 2.75) is 31.3 Å². The first kappa shape index (κ1) is 14.1. The van der Waals surface area contributed by atoms with Crippen LogP contribution in [0.2, 0.25) is 0 Å². The van der Waals surface area contributed by atoms with Crippen molar-refractivity contribution in [2.24, 2.45) is 0 Å². The van der Waals surface area contributed by atoms with Gasteiger partial charge in [-0.2, -0.15) is 11.8 Å². The Hall–Kier alpha value is -0.270. The molecule has 0 saturated carbocycles. The molecule has 2 fully saturated rings. The molecule has 0 aliphatic carbocycles. The van der Waals surface area contributed by atoms with Gasteiger partial charge in [0.2, 0.25) is 5.91 Å². The molecule has 2 N–H and O–H groups in total. The molecule has 0 spiro atoms. The molecule has 2 heterocycles. The topological polar surface area (TPSA) is 75.3 Å². The fourth-order valence-electron chi connectivity index (χ4n) is 2.47. The molecule has 18 heavy (non-hydrogen) atoms. The highest BCUT2D eigenvalue weighted by molar-refractivity contribution is 7.99. The molecule has 2 rings (SSSR count). The zero-order valence-corrected chi connectivity index (χ0v) is 12.2. The molecule has 0 bridgehead atoms. The molecule has 0 radical (unpaired) electrons. The van der Waals surface area contributed by atoms with Gasteiger partial charge < -0.3 is 10.6 Å². The van der Waals surface area contributed by atoms with Gasteiger partial charge >= 0.3 is 0 Å². The minimum Gasteiger partial charge on any atom is -0.350 e. The number of carbonyl (C=O) groups is 1. The van der Waals surface area contributed by atoms with Crippen molar-refractivity contribution in [1.82, 2.24) is 10.6 Å². The minimum atomic E-state index is -2.97. The Bertz CT molecular complexity index is 418. The lowest BCUT2D eigenvalue weighted by atomic mass is 10.0. The van der Waals surface area contributed by atoms with E-state index in [1.807, 2.05) is 18.7 Å². The first-order chi connectivity index (χ1) is 8.39. The number of carbonyl (C=O) groups excluding carboxylic acids is 1. The normalized spacial score (nSPS) is 35.3. The van der Waals surface area contributed by atoms with Crippen LogP contribution < -0.4 is 10.6 Å². The molecule has 104 valence electrons. The third-order valence-corrected chi connectivity index (χ3v) is 6.41. The van der Waals surface area contributed by atoms with E-state index in [-0.39, 0.29) is 23.5 Å². The van der Waals surface area contributed by atoms with Gasteiger partial charge in [-0.1, -0.05) is 0 Å². The van der Waals surface area contributed by atoms with E-state index < -0.39 is 15.4 Å². The molecule has 5 nitrogen and oxygen atoms in total. The van der Waals surface area contributed by atoms with E-state index in [0.717, 1.165) is 18.1 Å². The van der Waals surface area contributed by atoms with E-state index in [9.17, 15) is 13.2 Å². The van der Waals surface area contributed by atoms with Gasteiger partial charge in [0.1, 0.15) is 0 Å². The van der Waals surface area contributed by atoms with Crippen molar-refractivity contribution in [3.8, 4) is 0 Å². The Morgan fingerprint density at radius 3 is 2.89 bits per heavy atom. The second-order valence-electron chi connectivity index (χ2n) is 5.38. The third-order valence-electron chi connectivity index (χ3n) is 3.37. The maximum Gasteiger partial charge on any atom is 0.222 e. The fraction of sp³-hybridized carbons (Fsp3) is 0.909. The van der Waals surface area contributed by atoms with Crippen LogP contribution in [0.4, 0.5) is 0 Å². The smallest absolute Gasteiger partial charge is 0.222 e. The summed E-state index contributed by atoms with van der Waals surface area (Å²) in [5.74, 6) is 2.24. The number of rotatable bonds is 3. The van der Waals surface area contributed by atoms with Gasteiger partial charge in [-0.05, 0) is 13.3 Å². The number of sulfone groups is 1. The van der Waals surface area contributed by atoms with Gasteiger partial charge in [0.25, 0.3) is 0 Å². The first-order valence-electron chi connectivity index (χ1n) is 6.21. The quantitative estimate of drug-likeness (QED) is 0.752. The monoisotopic (exact) mass is 292 g/mol. The van der Waals surface area contributed by atoms with Crippen LogP contribution in [0.1, 0.15) is 19.8 Å². The van der Waals surface area contributed by atoms with Crippen molar-refractivity contribution in [3.63, 3.8) is 0 Å². The largest absolute Gasteiger partial charge is 0.350 e. The van der Waals surface area contributed by atoms with Crippen molar-refractivity contribution in [3.05, 3.63) is 0 Å². The molecule has 0 aromatic heterocycles. The lowest BCUT2D eigenvalue weighted by Gasteiger charge is -2.27. The summed E-state index contributed by atoms with van der Waals surface area (Å²) in [5, 5.41) is 6.19. The number of hydrogen-bond acceptors (Lipinski definition) is 5. The highest BCUT2D eigenvalue weighted by atomic mass is 32.2. The Morgan fingerprint density at radius 1 is 1.56 bits per heavy atom. The van der Waals surface area contributed by atoms with Crippen LogP contribution in [0.5, 0.6) is 0 Å². The summed E-state index contributed by atoms with van der Waals surface area (Å²) in [4.78, 5) is 11.9. The molecular weight excluding hydrogens is 272 g/mol. The summed E-state index contributed by atoms with van der Waals surface area (Å²) in [6.45, 7) is 2.76. The lowest BCUT2D eigenvalue weighted by Crippen LogP contribution is -2.49. The minimum absolute atomic E-state index is 0.0467. The molecule has 0 aromatic rings. The number of nitrogens with one attached hydrogen (secondary N) is 2. The van der Waals surface area contributed by atoms with Crippen molar-refractivity contribution < 1.29 is 13.2 Å². The van der Waals surface area contributed by atoms with Crippen molar-refractivity contribution >= 4 is 27.5 Å². The summed E-state index contributed by atoms with van der Waals surface area (Å²) in [6.07, 6.45) is 0.955. The predicted octanol–water partition coefficient (Wildman–Crippen LogP) is -0.225. The SMILES string of the molecule is CC1(NC(=O)CC2CSCCN2)CCS(=O)(=O)C1. The lowest BCUT2D eigenvalue weighted by molar-refractivity contribution is -0.123. The van der Waals surface area contributed by atoms with E-state index in [0.29, 0.717) is 12.8 Å². The Balaban J connectivity index is 1.84. The number of thioether (sulfide) groups is 1. The zero-order chi connectivity index (χ0) is 13.2. The van der Waals surface area contributed by atoms with Gasteiger partial charge in [0.15, 0.2) is 9.84 Å². The molecule has 2 saturated heterocycles. The average molecular weight is 292 g/mol. The highest BCUT2D eigenvalue weighted by Crippen LogP contribution is 2.23. The van der Waals surface area contributed by atoms with E-state index >= 15 is 0 Å². The molecule has 2 atom stereocenters. The van der Waals surface area contributed by atoms with Crippen LogP contribution in [0.3, 0.4) is 0 Å². The number of hydrogen-bond donors (Lipinski definition) is 2. The van der Waals surface area contributed by atoms with Gasteiger partial charge in [-0.15, -0.1) is 0 Å². The summed E-state index contributed by atoms with van der Waals surface area (Å²) in [7, 11) is -2.97. The van der Waals surface area contributed by atoms with Crippen LogP contribution in [0.25, 0.3) is 0 Å². The Labute approximate surface area is 112 Å². The molecular formula is C11H20N2O3S2. The van der Waals surface area contributed by atoms with E-state index in [2.05, 4.69) is 10.6 Å². The predicted molar refractivity (Wildman–Crippen MR) is 73.6 cm³/mol. The molecule has 2 aliphatic rings. The summed E-state index contributed by atoms with van der Waals surface area (Å²) < 4.78 is 22.9.